The zero-order valence-corrected chi connectivity index (χ0v) is 16.0. The van der Waals surface area contributed by atoms with Crippen LogP contribution in [0.15, 0.2) is 12.1 Å². The van der Waals surface area contributed by atoms with Gasteiger partial charge in [-0.2, -0.15) is 0 Å². The average molecular weight is 369 g/mol. The number of methoxy groups -OCH3 is 2. The van der Waals surface area contributed by atoms with Crippen molar-refractivity contribution in [1.29, 1.82) is 0 Å². The van der Waals surface area contributed by atoms with Crippen LogP contribution < -0.4 is 9.47 Å². The van der Waals surface area contributed by atoms with E-state index < -0.39 is 15.6 Å². The predicted molar refractivity (Wildman–Crippen MR) is 95.8 cm³/mol. The van der Waals surface area contributed by atoms with Gasteiger partial charge in [-0.25, -0.2) is 12.7 Å². The van der Waals surface area contributed by atoms with E-state index in [1.54, 1.807) is 18.5 Å². The quantitative estimate of drug-likeness (QED) is 0.797. The van der Waals surface area contributed by atoms with Gasteiger partial charge in [-0.1, -0.05) is 6.92 Å². The highest BCUT2D eigenvalue weighted by Crippen LogP contribution is 2.45. The summed E-state index contributed by atoms with van der Waals surface area (Å²) >= 11 is 0. The lowest BCUT2D eigenvalue weighted by Gasteiger charge is -2.44. The van der Waals surface area contributed by atoms with Gasteiger partial charge in [-0.05, 0) is 48.9 Å². The second-order valence-electron chi connectivity index (χ2n) is 6.67. The zero-order chi connectivity index (χ0) is 18.1. The molecule has 2 aliphatic rings. The predicted octanol–water partition coefficient (Wildman–Crippen LogP) is 2.31. The summed E-state index contributed by atoms with van der Waals surface area (Å²) in [7, 11) is 0.104. The molecule has 0 unspecified atom stereocenters. The monoisotopic (exact) mass is 369 g/mol. The fourth-order valence-electron chi connectivity index (χ4n) is 3.91. The van der Waals surface area contributed by atoms with Gasteiger partial charge in [0.1, 0.15) is 0 Å². The number of nitrogens with zero attached hydrogens (tertiary/aromatic N) is 1. The minimum Gasteiger partial charge on any atom is -0.493 e. The molecule has 3 rings (SSSR count). The highest BCUT2D eigenvalue weighted by atomic mass is 32.2. The molecule has 2 heterocycles. The van der Waals surface area contributed by atoms with Crippen molar-refractivity contribution in [3.05, 3.63) is 23.3 Å². The highest BCUT2D eigenvalue weighted by Gasteiger charge is 2.43. The van der Waals surface area contributed by atoms with E-state index in [1.807, 2.05) is 19.1 Å². The Morgan fingerprint density at radius 1 is 1.16 bits per heavy atom. The van der Waals surface area contributed by atoms with E-state index >= 15 is 0 Å². The Balaban J connectivity index is 1.89. The SMILES string of the molecule is CCCS(=O)(=O)N1CCC2(CC1)OCCc1cc(OC)c(OC)cc12. The van der Waals surface area contributed by atoms with Crippen LogP contribution in [0.1, 0.15) is 37.3 Å². The maximum absolute atomic E-state index is 12.3. The molecule has 2 aliphatic heterocycles. The van der Waals surface area contributed by atoms with Crippen LogP contribution in [-0.4, -0.2) is 52.4 Å². The second kappa shape index (κ2) is 7.13. The van der Waals surface area contributed by atoms with Crippen molar-refractivity contribution in [1.82, 2.24) is 4.31 Å². The smallest absolute Gasteiger partial charge is 0.214 e. The summed E-state index contributed by atoms with van der Waals surface area (Å²) in [5.74, 6) is 1.62. The molecule has 7 heteroatoms. The number of fused-ring (bicyclic) bond motifs is 2. The fourth-order valence-corrected chi connectivity index (χ4v) is 5.43. The number of hydrogen-bond donors (Lipinski definition) is 0. The standard InChI is InChI=1S/C18H27NO5S/c1-4-11-25(20,21)19-8-6-18(7-9-19)15-13-17(23-3)16(22-2)12-14(15)5-10-24-18/h12-13H,4-11H2,1-3H3. The van der Waals surface area contributed by atoms with Gasteiger partial charge in [0.2, 0.25) is 10.0 Å². The summed E-state index contributed by atoms with van der Waals surface area (Å²) < 4.78 is 43.4. The molecule has 140 valence electrons. The highest BCUT2D eigenvalue weighted by molar-refractivity contribution is 7.89. The van der Waals surface area contributed by atoms with Crippen molar-refractivity contribution in [2.45, 2.75) is 38.2 Å². The maximum atomic E-state index is 12.3. The molecular weight excluding hydrogens is 342 g/mol. The molecule has 0 radical (unpaired) electrons. The lowest BCUT2D eigenvalue weighted by molar-refractivity contribution is -0.0893. The largest absolute Gasteiger partial charge is 0.493 e. The zero-order valence-electron chi connectivity index (χ0n) is 15.2. The van der Waals surface area contributed by atoms with E-state index in [0.717, 1.165) is 17.7 Å². The summed E-state index contributed by atoms with van der Waals surface area (Å²) in [4.78, 5) is 0. The average Bonchev–Trinajstić information content (AvgIpc) is 2.61. The van der Waals surface area contributed by atoms with E-state index in [0.29, 0.717) is 44.7 Å². The fraction of sp³-hybridized carbons (Fsp3) is 0.667. The lowest BCUT2D eigenvalue weighted by atomic mass is 9.79. The molecule has 0 N–H and O–H groups in total. The number of benzene rings is 1. The number of hydrogen-bond acceptors (Lipinski definition) is 5. The number of piperidine rings is 1. The van der Waals surface area contributed by atoms with E-state index in [-0.39, 0.29) is 5.75 Å². The maximum Gasteiger partial charge on any atom is 0.214 e. The molecule has 0 atom stereocenters. The summed E-state index contributed by atoms with van der Waals surface area (Å²) in [6.07, 6.45) is 2.80. The Morgan fingerprint density at radius 3 is 2.40 bits per heavy atom. The van der Waals surface area contributed by atoms with Gasteiger partial charge in [-0.3, -0.25) is 0 Å². The molecule has 0 amide bonds. The van der Waals surface area contributed by atoms with Crippen LogP contribution in [0.4, 0.5) is 0 Å². The van der Waals surface area contributed by atoms with Crippen molar-refractivity contribution in [2.24, 2.45) is 0 Å². The van der Waals surface area contributed by atoms with Crippen LogP contribution in [-0.2, 0) is 26.8 Å². The third-order valence-electron chi connectivity index (χ3n) is 5.24. The van der Waals surface area contributed by atoms with Crippen molar-refractivity contribution >= 4 is 10.0 Å². The molecule has 1 fully saturated rings. The summed E-state index contributed by atoms with van der Waals surface area (Å²) in [6, 6.07) is 4.03. The first-order valence-corrected chi connectivity index (χ1v) is 10.4. The minimum atomic E-state index is -3.16. The normalized spacial score (nSPS) is 20.3. The molecular formula is C18H27NO5S. The van der Waals surface area contributed by atoms with Crippen molar-refractivity contribution in [3.8, 4) is 11.5 Å². The van der Waals surface area contributed by atoms with E-state index in [9.17, 15) is 8.42 Å². The van der Waals surface area contributed by atoms with Crippen LogP contribution in [0.2, 0.25) is 0 Å². The first-order valence-electron chi connectivity index (χ1n) is 8.83. The van der Waals surface area contributed by atoms with Crippen LogP contribution in [0.5, 0.6) is 11.5 Å². The molecule has 25 heavy (non-hydrogen) atoms. The molecule has 1 aromatic rings. The Morgan fingerprint density at radius 2 is 1.80 bits per heavy atom. The van der Waals surface area contributed by atoms with Gasteiger partial charge < -0.3 is 14.2 Å². The Hall–Kier alpha value is -1.31. The minimum absolute atomic E-state index is 0.211. The summed E-state index contributed by atoms with van der Waals surface area (Å²) in [5, 5.41) is 0. The Bertz CT molecular complexity index is 723. The van der Waals surface area contributed by atoms with E-state index in [4.69, 9.17) is 14.2 Å². The van der Waals surface area contributed by atoms with Gasteiger partial charge in [0.05, 0.1) is 32.2 Å². The third-order valence-corrected chi connectivity index (χ3v) is 7.31. The third kappa shape index (κ3) is 3.37. The van der Waals surface area contributed by atoms with E-state index in [2.05, 4.69) is 0 Å². The van der Waals surface area contributed by atoms with Gasteiger partial charge >= 0.3 is 0 Å². The van der Waals surface area contributed by atoms with Crippen molar-refractivity contribution < 1.29 is 22.6 Å². The number of ether oxygens (including phenoxy) is 3. The van der Waals surface area contributed by atoms with Crippen molar-refractivity contribution in [3.63, 3.8) is 0 Å². The topological polar surface area (TPSA) is 65.1 Å². The van der Waals surface area contributed by atoms with E-state index in [1.165, 1.54) is 5.56 Å². The van der Waals surface area contributed by atoms with Gasteiger partial charge in [-0.15, -0.1) is 0 Å². The van der Waals surface area contributed by atoms with Gasteiger partial charge in [0.25, 0.3) is 0 Å². The van der Waals surface area contributed by atoms with Crippen LogP contribution >= 0.6 is 0 Å². The number of sulfonamides is 1. The molecule has 1 saturated heterocycles. The summed E-state index contributed by atoms with van der Waals surface area (Å²) in [6.45, 7) is 3.53. The lowest BCUT2D eigenvalue weighted by Crippen LogP contribution is -2.48. The molecule has 1 aromatic carbocycles. The molecule has 0 saturated carbocycles. The van der Waals surface area contributed by atoms with Crippen LogP contribution in [0.25, 0.3) is 0 Å². The van der Waals surface area contributed by atoms with Crippen LogP contribution in [0, 0.1) is 0 Å². The second-order valence-corrected chi connectivity index (χ2v) is 8.76. The van der Waals surface area contributed by atoms with Crippen molar-refractivity contribution in [2.75, 3.05) is 39.7 Å². The molecule has 0 aromatic heterocycles. The molecule has 0 bridgehead atoms. The summed E-state index contributed by atoms with van der Waals surface area (Å²) in [5.41, 5.74) is 1.89. The first kappa shape index (κ1) is 18.5. The molecule has 1 spiro atoms. The Labute approximate surface area is 150 Å². The van der Waals surface area contributed by atoms with Gasteiger partial charge in [0.15, 0.2) is 11.5 Å². The van der Waals surface area contributed by atoms with Crippen LogP contribution in [0.3, 0.4) is 0 Å². The Kier molecular flexibility index (Phi) is 5.27. The molecule has 6 nitrogen and oxygen atoms in total. The van der Waals surface area contributed by atoms with Gasteiger partial charge in [0, 0.05) is 13.1 Å². The number of rotatable bonds is 5. The first-order chi connectivity index (χ1) is 12.0. The molecule has 0 aliphatic carbocycles.